The van der Waals surface area contributed by atoms with Gasteiger partial charge in [0.2, 0.25) is 0 Å². The lowest BCUT2D eigenvalue weighted by Crippen LogP contribution is -2.17. The van der Waals surface area contributed by atoms with Gasteiger partial charge in [-0.25, -0.2) is 0 Å². The van der Waals surface area contributed by atoms with Gasteiger partial charge >= 0.3 is 0 Å². The molecule has 7 nitrogen and oxygen atoms in total. The monoisotopic (exact) mass is 457 g/mol. The number of carbonyl (C=O) groups excluding carboxylic acids is 1. The number of thioether (sulfide) groups is 1. The van der Waals surface area contributed by atoms with E-state index in [2.05, 4.69) is 19.2 Å². The van der Waals surface area contributed by atoms with Gasteiger partial charge < -0.3 is 29.0 Å². The molecule has 0 spiro atoms. The third-order valence-corrected chi connectivity index (χ3v) is 5.09. The molecule has 1 aromatic rings. The second kappa shape index (κ2) is 18.3. The van der Waals surface area contributed by atoms with E-state index in [1.807, 2.05) is 49.9 Å². The van der Waals surface area contributed by atoms with Crippen LogP contribution in [0.4, 0.5) is 5.69 Å². The maximum absolute atomic E-state index is 11.4. The van der Waals surface area contributed by atoms with Crippen molar-refractivity contribution in [1.29, 1.82) is 0 Å². The smallest absolute Gasteiger partial charge is 0.160 e. The molecule has 0 bridgehead atoms. The number of hydrogen-bond donors (Lipinski definition) is 1. The molecule has 1 rings (SSSR count). The molecule has 1 unspecified atom stereocenters. The zero-order valence-corrected chi connectivity index (χ0v) is 20.2. The summed E-state index contributed by atoms with van der Waals surface area (Å²) in [5.41, 5.74) is 1.09. The Labute approximate surface area is 191 Å². The van der Waals surface area contributed by atoms with Crippen molar-refractivity contribution in [3.63, 3.8) is 0 Å². The van der Waals surface area contributed by atoms with E-state index in [0.717, 1.165) is 17.2 Å². The van der Waals surface area contributed by atoms with Gasteiger partial charge in [-0.3, -0.25) is 4.79 Å². The fraction of sp³-hybridized carbons (Fsp3) is 0.696. The first kappa shape index (κ1) is 27.7. The largest absolute Gasteiger partial charge is 0.491 e. The first-order chi connectivity index (χ1) is 15.0. The molecule has 1 aromatic carbocycles. The van der Waals surface area contributed by atoms with E-state index in [4.69, 9.17) is 23.7 Å². The molecule has 178 valence electrons. The van der Waals surface area contributed by atoms with Crippen LogP contribution in [-0.2, 0) is 23.7 Å². The van der Waals surface area contributed by atoms with Crippen LogP contribution in [-0.4, -0.2) is 76.4 Å². The number of nitrogens with one attached hydrogen (secondary N) is 1. The number of rotatable bonds is 20. The Hall–Kier alpha value is -1.32. The molecule has 0 amide bonds. The molecular weight excluding hydrogens is 418 g/mol. The highest BCUT2D eigenvalue weighted by Crippen LogP contribution is 2.19. The van der Waals surface area contributed by atoms with E-state index in [1.165, 1.54) is 0 Å². The number of Topliss-reactive ketones (excluding diaryl/α,β-unsaturated/α-hetero) is 1. The average Bonchev–Trinajstić information content (AvgIpc) is 2.75. The standard InChI is InChI=1S/C23H39NO6S/c1-5-31-20(4)24-21-6-8-22(9-7-21)30-17-16-28-13-12-26-10-11-27-14-15-29-18-23(25)19(2)3/h6-9,19-20,24H,5,10-18H2,1-4H3. The molecular formula is C23H39NO6S. The highest BCUT2D eigenvalue weighted by molar-refractivity contribution is 7.99. The summed E-state index contributed by atoms with van der Waals surface area (Å²) in [7, 11) is 0. The summed E-state index contributed by atoms with van der Waals surface area (Å²) in [6.07, 6.45) is 0. The molecule has 0 aromatic heterocycles. The molecule has 1 N–H and O–H groups in total. The van der Waals surface area contributed by atoms with Gasteiger partial charge in [0.05, 0.1) is 51.6 Å². The minimum atomic E-state index is 0.00985. The summed E-state index contributed by atoms with van der Waals surface area (Å²) >= 11 is 1.87. The summed E-state index contributed by atoms with van der Waals surface area (Å²) < 4.78 is 27.3. The first-order valence-corrected chi connectivity index (χ1v) is 12.0. The number of ketones is 1. The molecule has 0 saturated heterocycles. The molecule has 0 aliphatic rings. The first-order valence-electron chi connectivity index (χ1n) is 11.0. The van der Waals surface area contributed by atoms with Gasteiger partial charge in [-0.2, -0.15) is 0 Å². The summed E-state index contributed by atoms with van der Waals surface area (Å²) in [6.45, 7) is 12.1. The van der Waals surface area contributed by atoms with Crippen molar-refractivity contribution in [2.24, 2.45) is 5.92 Å². The number of hydrogen-bond acceptors (Lipinski definition) is 8. The quantitative estimate of drug-likeness (QED) is 0.234. The van der Waals surface area contributed by atoms with Crippen LogP contribution in [0.2, 0.25) is 0 Å². The SMILES string of the molecule is CCSC(C)Nc1ccc(OCCOCCOCCOCCOCC(=O)C(C)C)cc1. The Morgan fingerprint density at radius 2 is 1.35 bits per heavy atom. The van der Waals surface area contributed by atoms with Crippen molar-refractivity contribution in [1.82, 2.24) is 0 Å². The van der Waals surface area contributed by atoms with E-state index in [-0.39, 0.29) is 18.3 Å². The van der Waals surface area contributed by atoms with Crippen molar-refractivity contribution in [3.8, 4) is 5.75 Å². The zero-order chi connectivity index (χ0) is 22.7. The van der Waals surface area contributed by atoms with E-state index in [9.17, 15) is 4.79 Å². The fourth-order valence-electron chi connectivity index (χ4n) is 2.39. The predicted molar refractivity (Wildman–Crippen MR) is 126 cm³/mol. The lowest BCUT2D eigenvalue weighted by Gasteiger charge is -2.14. The van der Waals surface area contributed by atoms with Gasteiger partial charge in [-0.05, 0) is 36.9 Å². The number of carbonyl (C=O) groups is 1. The Kier molecular flexibility index (Phi) is 16.3. The summed E-state index contributed by atoms with van der Waals surface area (Å²) in [5, 5.41) is 3.82. The van der Waals surface area contributed by atoms with E-state index < -0.39 is 0 Å². The highest BCUT2D eigenvalue weighted by Gasteiger charge is 2.06. The lowest BCUT2D eigenvalue weighted by molar-refractivity contribution is -0.127. The molecule has 1 atom stereocenters. The van der Waals surface area contributed by atoms with E-state index in [1.54, 1.807) is 0 Å². The predicted octanol–water partition coefficient (Wildman–Crippen LogP) is 3.87. The Balaban J connectivity index is 1.89. The van der Waals surface area contributed by atoms with Crippen molar-refractivity contribution in [2.75, 3.05) is 70.5 Å². The van der Waals surface area contributed by atoms with Gasteiger partial charge in [0.25, 0.3) is 0 Å². The molecule has 0 aliphatic heterocycles. The van der Waals surface area contributed by atoms with Crippen LogP contribution >= 0.6 is 11.8 Å². The van der Waals surface area contributed by atoms with E-state index in [0.29, 0.717) is 58.2 Å². The van der Waals surface area contributed by atoms with Gasteiger partial charge in [-0.1, -0.05) is 20.8 Å². The van der Waals surface area contributed by atoms with Crippen LogP contribution in [0.1, 0.15) is 27.7 Å². The topological polar surface area (TPSA) is 75.2 Å². The summed E-state index contributed by atoms with van der Waals surface area (Å²) in [6, 6.07) is 7.97. The van der Waals surface area contributed by atoms with Gasteiger partial charge in [0.1, 0.15) is 19.0 Å². The van der Waals surface area contributed by atoms with Gasteiger partial charge in [-0.15, -0.1) is 11.8 Å². The number of anilines is 1. The second-order valence-electron chi connectivity index (χ2n) is 7.13. The fourth-order valence-corrected chi connectivity index (χ4v) is 3.11. The molecule has 0 aliphatic carbocycles. The molecule has 0 heterocycles. The summed E-state index contributed by atoms with van der Waals surface area (Å²) in [5.74, 6) is 2.04. The van der Waals surface area contributed by atoms with Crippen molar-refractivity contribution in [2.45, 2.75) is 33.1 Å². The van der Waals surface area contributed by atoms with Gasteiger partial charge in [0, 0.05) is 11.6 Å². The maximum Gasteiger partial charge on any atom is 0.160 e. The molecule has 0 radical (unpaired) electrons. The minimum Gasteiger partial charge on any atom is -0.491 e. The van der Waals surface area contributed by atoms with Crippen LogP contribution in [0, 0.1) is 5.92 Å². The Morgan fingerprint density at radius 1 is 0.839 bits per heavy atom. The van der Waals surface area contributed by atoms with Crippen molar-refractivity contribution < 1.29 is 28.5 Å². The molecule has 0 fully saturated rings. The third-order valence-electron chi connectivity index (χ3n) is 4.14. The zero-order valence-electron chi connectivity index (χ0n) is 19.4. The molecule has 8 heteroatoms. The van der Waals surface area contributed by atoms with Crippen LogP contribution in [0.25, 0.3) is 0 Å². The summed E-state index contributed by atoms with van der Waals surface area (Å²) in [4.78, 5) is 11.4. The van der Waals surface area contributed by atoms with Crippen molar-refractivity contribution in [3.05, 3.63) is 24.3 Å². The van der Waals surface area contributed by atoms with Crippen LogP contribution < -0.4 is 10.1 Å². The second-order valence-corrected chi connectivity index (χ2v) is 8.74. The highest BCUT2D eigenvalue weighted by atomic mass is 32.2. The number of ether oxygens (including phenoxy) is 5. The molecule has 31 heavy (non-hydrogen) atoms. The Bertz CT molecular complexity index is 570. The average molecular weight is 458 g/mol. The Morgan fingerprint density at radius 3 is 1.87 bits per heavy atom. The third kappa shape index (κ3) is 15.2. The normalized spacial score (nSPS) is 12.2. The van der Waals surface area contributed by atoms with Crippen LogP contribution in [0.3, 0.4) is 0 Å². The van der Waals surface area contributed by atoms with Gasteiger partial charge in [0.15, 0.2) is 5.78 Å². The van der Waals surface area contributed by atoms with Crippen LogP contribution in [0.5, 0.6) is 5.75 Å². The minimum absolute atomic E-state index is 0.00985. The lowest BCUT2D eigenvalue weighted by atomic mass is 10.1. The van der Waals surface area contributed by atoms with Crippen molar-refractivity contribution >= 4 is 23.2 Å². The maximum atomic E-state index is 11.4. The van der Waals surface area contributed by atoms with E-state index >= 15 is 0 Å². The molecule has 0 saturated carbocycles. The van der Waals surface area contributed by atoms with Crippen LogP contribution in [0.15, 0.2) is 24.3 Å². The number of benzene rings is 1.